The van der Waals surface area contributed by atoms with Crippen LogP contribution in [0.5, 0.6) is 5.75 Å². The number of benzene rings is 2. The molecule has 1 unspecified atom stereocenters. The monoisotopic (exact) mass is 397 g/mol. The first kappa shape index (κ1) is 16.4. The van der Waals surface area contributed by atoms with Crippen molar-refractivity contribution in [3.63, 3.8) is 0 Å². The van der Waals surface area contributed by atoms with Crippen molar-refractivity contribution < 1.29 is 9.53 Å². The summed E-state index contributed by atoms with van der Waals surface area (Å²) in [6.07, 6.45) is 0. The molecule has 0 amide bonds. The van der Waals surface area contributed by atoms with Crippen molar-refractivity contribution in [3.8, 4) is 5.75 Å². The van der Waals surface area contributed by atoms with E-state index in [0.717, 1.165) is 16.5 Å². The molecule has 0 radical (unpaired) electrons. The van der Waals surface area contributed by atoms with E-state index in [0.29, 0.717) is 27.7 Å². The highest BCUT2D eigenvalue weighted by atomic mass is 35.5. The smallest absolute Gasteiger partial charge is 0.228 e. The zero-order valence-corrected chi connectivity index (χ0v) is 15.7. The molecule has 3 aromatic rings. The molecule has 0 saturated heterocycles. The summed E-state index contributed by atoms with van der Waals surface area (Å²) in [6.45, 7) is 1.52. The quantitative estimate of drug-likeness (QED) is 0.584. The molecular formula is C20H13Cl2N3O2. The molecule has 7 heteroatoms. The standard InChI is InChI=1S/C20H13Cl2N3O2/c1-9(26)25-13-8-3-2-5-10(13)18-17(25)14-11-6-4-7-12(21)16(11)24-19(22)15(14)20(23)27-18/h2-8,14H,23H2,1H3. The summed E-state index contributed by atoms with van der Waals surface area (Å²) in [5, 5.41) is 1.51. The van der Waals surface area contributed by atoms with Crippen molar-refractivity contribution in [1.82, 2.24) is 4.57 Å². The van der Waals surface area contributed by atoms with Gasteiger partial charge in [0.05, 0.1) is 33.4 Å². The van der Waals surface area contributed by atoms with E-state index in [9.17, 15) is 4.79 Å². The molecule has 1 aromatic heterocycles. The van der Waals surface area contributed by atoms with Crippen LogP contribution in [0.1, 0.15) is 28.9 Å². The number of rotatable bonds is 0. The van der Waals surface area contributed by atoms with Gasteiger partial charge in [-0.3, -0.25) is 9.36 Å². The van der Waals surface area contributed by atoms with Crippen molar-refractivity contribution in [2.75, 3.05) is 0 Å². The molecule has 134 valence electrons. The Morgan fingerprint density at radius 3 is 2.74 bits per heavy atom. The lowest BCUT2D eigenvalue weighted by molar-refractivity contribution is 0.0937. The fraction of sp³-hybridized carbons (Fsp3) is 0.100. The highest BCUT2D eigenvalue weighted by Crippen LogP contribution is 2.53. The molecule has 0 saturated carbocycles. The third kappa shape index (κ3) is 2.13. The van der Waals surface area contributed by atoms with Gasteiger partial charge in [0.15, 0.2) is 11.6 Å². The zero-order chi connectivity index (χ0) is 18.9. The number of hydrogen-bond donors (Lipinski definition) is 1. The Bertz CT molecular complexity index is 1220. The van der Waals surface area contributed by atoms with Gasteiger partial charge in [-0.1, -0.05) is 47.5 Å². The normalized spacial score (nSPS) is 17.7. The van der Waals surface area contributed by atoms with Gasteiger partial charge in [0.2, 0.25) is 5.91 Å². The number of allylic oxidation sites excluding steroid dienone is 1. The van der Waals surface area contributed by atoms with Gasteiger partial charge in [-0.15, -0.1) is 0 Å². The van der Waals surface area contributed by atoms with Crippen molar-refractivity contribution in [2.24, 2.45) is 10.7 Å². The van der Waals surface area contributed by atoms with Crippen LogP contribution < -0.4 is 10.5 Å². The van der Waals surface area contributed by atoms with Gasteiger partial charge < -0.3 is 10.5 Å². The SMILES string of the molecule is CC(=O)n1c2c(c3ccccc31)OC(N)=C1C(Cl)=Nc3c(Cl)cccc3C12. The number of fused-ring (bicyclic) bond motifs is 7. The van der Waals surface area contributed by atoms with Gasteiger partial charge >= 0.3 is 0 Å². The number of nitrogens with zero attached hydrogens (tertiary/aromatic N) is 2. The molecule has 2 aromatic carbocycles. The van der Waals surface area contributed by atoms with Crippen LogP contribution in [0.3, 0.4) is 0 Å². The number of halogens is 2. The van der Waals surface area contributed by atoms with Gasteiger partial charge in [0, 0.05) is 12.3 Å². The van der Waals surface area contributed by atoms with Crippen molar-refractivity contribution >= 4 is 50.9 Å². The molecule has 1 atom stereocenters. The van der Waals surface area contributed by atoms with Gasteiger partial charge in [0.25, 0.3) is 0 Å². The van der Waals surface area contributed by atoms with Gasteiger partial charge in [-0.05, 0) is 23.8 Å². The molecule has 2 aliphatic heterocycles. The topological polar surface area (TPSA) is 69.6 Å². The summed E-state index contributed by atoms with van der Waals surface area (Å²) in [5.41, 5.74) is 9.63. The summed E-state index contributed by atoms with van der Waals surface area (Å²) >= 11 is 12.8. The summed E-state index contributed by atoms with van der Waals surface area (Å²) in [6, 6.07) is 13.1. The predicted molar refractivity (Wildman–Crippen MR) is 106 cm³/mol. The highest BCUT2D eigenvalue weighted by molar-refractivity contribution is 6.70. The first-order chi connectivity index (χ1) is 13.0. The maximum absolute atomic E-state index is 12.6. The number of para-hydroxylation sites is 2. The van der Waals surface area contributed by atoms with E-state index in [1.165, 1.54) is 6.92 Å². The van der Waals surface area contributed by atoms with Crippen molar-refractivity contribution in [1.29, 1.82) is 0 Å². The van der Waals surface area contributed by atoms with Crippen LogP contribution in [0.4, 0.5) is 5.69 Å². The molecule has 0 bridgehead atoms. The molecule has 5 nitrogen and oxygen atoms in total. The Balaban J connectivity index is 1.95. The van der Waals surface area contributed by atoms with Crippen LogP contribution >= 0.6 is 23.2 Å². The summed E-state index contributed by atoms with van der Waals surface area (Å²) in [5.74, 6) is 0.213. The molecule has 0 fully saturated rings. The van der Waals surface area contributed by atoms with Gasteiger partial charge in [-0.25, -0.2) is 4.99 Å². The fourth-order valence-corrected chi connectivity index (χ4v) is 4.46. The van der Waals surface area contributed by atoms with Gasteiger partial charge in [-0.2, -0.15) is 0 Å². The Kier molecular flexibility index (Phi) is 3.41. The summed E-state index contributed by atoms with van der Waals surface area (Å²) in [4.78, 5) is 17.0. The Morgan fingerprint density at radius 1 is 1.19 bits per heavy atom. The van der Waals surface area contributed by atoms with Crippen molar-refractivity contribution in [3.05, 3.63) is 70.2 Å². The van der Waals surface area contributed by atoms with Crippen LogP contribution in [-0.4, -0.2) is 15.6 Å². The third-order valence-corrected chi connectivity index (χ3v) is 5.57. The van der Waals surface area contributed by atoms with E-state index in [2.05, 4.69) is 4.99 Å². The van der Waals surface area contributed by atoms with E-state index < -0.39 is 5.92 Å². The number of hydrogen-bond acceptors (Lipinski definition) is 4. The molecule has 3 heterocycles. The van der Waals surface area contributed by atoms with E-state index >= 15 is 0 Å². The van der Waals surface area contributed by atoms with Crippen LogP contribution in [0.25, 0.3) is 10.9 Å². The average Bonchev–Trinajstić information content (AvgIpc) is 2.97. The molecule has 5 rings (SSSR count). The number of aliphatic imine (C=N–C) groups is 1. The molecule has 27 heavy (non-hydrogen) atoms. The molecular weight excluding hydrogens is 385 g/mol. The van der Waals surface area contributed by atoms with Crippen LogP contribution in [0.15, 0.2) is 58.9 Å². The number of aromatic nitrogens is 1. The second-order valence-electron chi connectivity index (χ2n) is 6.48. The second kappa shape index (κ2) is 5.62. The molecule has 0 aliphatic carbocycles. The second-order valence-corrected chi connectivity index (χ2v) is 7.24. The van der Waals surface area contributed by atoms with Gasteiger partial charge in [0.1, 0.15) is 5.17 Å². The maximum Gasteiger partial charge on any atom is 0.228 e. The number of carbonyl (C=O) groups is 1. The van der Waals surface area contributed by atoms with E-state index in [4.69, 9.17) is 33.7 Å². The lowest BCUT2D eigenvalue weighted by atomic mass is 9.84. The third-order valence-electron chi connectivity index (χ3n) is 4.98. The molecule has 0 spiro atoms. The van der Waals surface area contributed by atoms with E-state index in [1.54, 1.807) is 10.6 Å². The average molecular weight is 398 g/mol. The van der Waals surface area contributed by atoms with Crippen molar-refractivity contribution in [2.45, 2.75) is 12.8 Å². The van der Waals surface area contributed by atoms with Crippen LogP contribution in [-0.2, 0) is 0 Å². The Labute approximate surface area is 164 Å². The number of carbonyl (C=O) groups excluding carboxylic acids is 1. The maximum atomic E-state index is 12.6. The number of ether oxygens (including phenoxy) is 1. The van der Waals surface area contributed by atoms with E-state index in [-0.39, 0.29) is 17.0 Å². The Morgan fingerprint density at radius 2 is 1.96 bits per heavy atom. The van der Waals surface area contributed by atoms with Crippen LogP contribution in [0.2, 0.25) is 5.02 Å². The predicted octanol–water partition coefficient (Wildman–Crippen LogP) is 4.93. The highest BCUT2D eigenvalue weighted by Gasteiger charge is 2.41. The minimum absolute atomic E-state index is 0.127. The first-order valence-corrected chi connectivity index (χ1v) is 9.09. The lowest BCUT2D eigenvalue weighted by Crippen LogP contribution is -2.28. The van der Waals surface area contributed by atoms with Crippen LogP contribution in [0, 0.1) is 0 Å². The Hall–Kier alpha value is -2.76. The molecule has 2 N–H and O–H groups in total. The largest absolute Gasteiger partial charge is 0.439 e. The first-order valence-electron chi connectivity index (χ1n) is 8.33. The minimum Gasteiger partial charge on any atom is -0.439 e. The zero-order valence-electron chi connectivity index (χ0n) is 14.2. The van der Waals surface area contributed by atoms with E-state index in [1.807, 2.05) is 36.4 Å². The molecule has 2 aliphatic rings. The number of nitrogens with two attached hydrogens (primary N) is 1. The fourth-order valence-electron chi connectivity index (χ4n) is 3.95. The minimum atomic E-state index is -0.399. The summed E-state index contributed by atoms with van der Waals surface area (Å²) < 4.78 is 7.60. The lowest BCUT2D eigenvalue weighted by Gasteiger charge is -2.31. The summed E-state index contributed by atoms with van der Waals surface area (Å²) in [7, 11) is 0.